The fraction of sp³-hybridized carbons (Fsp3) is 0.700. The highest BCUT2D eigenvalue weighted by Gasteiger charge is 2.10. The topological polar surface area (TPSA) is 76.0 Å². The molecule has 0 amide bonds. The molecule has 0 atom stereocenters. The van der Waals surface area contributed by atoms with E-state index in [1.807, 2.05) is 6.92 Å². The maximum Gasteiger partial charge on any atom is 0.232 e. The van der Waals surface area contributed by atoms with Gasteiger partial charge in [0.25, 0.3) is 0 Å². The van der Waals surface area contributed by atoms with Crippen molar-refractivity contribution in [3.63, 3.8) is 0 Å². The lowest BCUT2D eigenvalue weighted by molar-refractivity contribution is 0.593. The summed E-state index contributed by atoms with van der Waals surface area (Å²) in [6, 6.07) is 0. The van der Waals surface area contributed by atoms with E-state index in [4.69, 9.17) is 0 Å². The number of nitrogens with one attached hydrogen (secondary N) is 2. The molecule has 0 aliphatic heterocycles. The Hall–Kier alpha value is -1.08. The van der Waals surface area contributed by atoms with Crippen LogP contribution in [0.25, 0.3) is 0 Å². The van der Waals surface area contributed by atoms with Gasteiger partial charge in [-0.05, 0) is 25.9 Å². The molecular weight excluding hydrogens is 240 g/mol. The van der Waals surface area contributed by atoms with E-state index in [0.29, 0.717) is 12.1 Å². The molecule has 0 spiro atoms. The van der Waals surface area contributed by atoms with Gasteiger partial charge in [0.2, 0.25) is 10.0 Å². The third-order valence-corrected chi connectivity index (χ3v) is 3.62. The molecule has 6 nitrogen and oxygen atoms in total. The molecule has 2 N–H and O–H groups in total. The Morgan fingerprint density at radius 2 is 2.18 bits per heavy atom. The molecule has 0 aliphatic carbocycles. The van der Waals surface area contributed by atoms with Crippen molar-refractivity contribution in [2.75, 3.05) is 23.6 Å². The molecule has 7 heteroatoms. The molecule has 98 valence electrons. The molecule has 0 saturated heterocycles. The first kappa shape index (κ1) is 14.0. The molecule has 0 saturated carbocycles. The quantitative estimate of drug-likeness (QED) is 0.669. The van der Waals surface area contributed by atoms with Gasteiger partial charge in [0, 0.05) is 13.2 Å². The van der Waals surface area contributed by atoms with Crippen LogP contribution < -0.4 is 10.0 Å². The maximum absolute atomic E-state index is 11.7. The number of anilines is 1. The van der Waals surface area contributed by atoms with E-state index in [2.05, 4.69) is 15.1 Å². The zero-order valence-electron chi connectivity index (χ0n) is 10.3. The van der Waals surface area contributed by atoms with Crippen LogP contribution in [-0.2, 0) is 17.1 Å². The van der Waals surface area contributed by atoms with Gasteiger partial charge in [0.05, 0.1) is 17.6 Å². The molecule has 1 aromatic rings. The van der Waals surface area contributed by atoms with Crippen LogP contribution in [0.3, 0.4) is 0 Å². The van der Waals surface area contributed by atoms with Gasteiger partial charge in [-0.1, -0.05) is 6.92 Å². The van der Waals surface area contributed by atoms with E-state index < -0.39 is 10.0 Å². The Morgan fingerprint density at radius 1 is 1.41 bits per heavy atom. The van der Waals surface area contributed by atoms with E-state index in [-0.39, 0.29) is 5.75 Å². The van der Waals surface area contributed by atoms with E-state index in [1.165, 1.54) is 6.20 Å². The van der Waals surface area contributed by atoms with Crippen molar-refractivity contribution >= 4 is 15.7 Å². The van der Waals surface area contributed by atoms with Crippen LogP contribution in [0.15, 0.2) is 12.4 Å². The number of unbranched alkanes of at least 4 members (excludes halogenated alkanes) is 1. The first-order chi connectivity index (χ1) is 8.03. The fourth-order valence-corrected chi connectivity index (χ4v) is 2.57. The van der Waals surface area contributed by atoms with Crippen molar-refractivity contribution in [1.29, 1.82) is 0 Å². The predicted molar refractivity (Wildman–Crippen MR) is 68.4 cm³/mol. The summed E-state index contributed by atoms with van der Waals surface area (Å²) in [6.45, 7) is 3.81. The summed E-state index contributed by atoms with van der Waals surface area (Å²) in [4.78, 5) is 0. The second kappa shape index (κ2) is 6.61. The predicted octanol–water partition coefficient (Wildman–Crippen LogP) is 0.551. The third-order valence-electron chi connectivity index (χ3n) is 2.24. The Kier molecular flexibility index (Phi) is 5.43. The van der Waals surface area contributed by atoms with Gasteiger partial charge in [-0.3, -0.25) is 9.40 Å². The Morgan fingerprint density at radius 3 is 2.76 bits per heavy atom. The number of sulfonamides is 1. The number of hydrogen-bond donors (Lipinski definition) is 2. The van der Waals surface area contributed by atoms with Gasteiger partial charge in [0.1, 0.15) is 0 Å². The second-order valence-electron chi connectivity index (χ2n) is 3.88. The lowest BCUT2D eigenvalue weighted by Crippen LogP contribution is -2.19. The van der Waals surface area contributed by atoms with Gasteiger partial charge in [-0.25, -0.2) is 8.42 Å². The lowest BCUT2D eigenvalue weighted by Gasteiger charge is -2.05. The third kappa shape index (κ3) is 5.69. The smallest absolute Gasteiger partial charge is 0.232 e. The van der Waals surface area contributed by atoms with E-state index in [9.17, 15) is 8.42 Å². The van der Waals surface area contributed by atoms with Crippen molar-refractivity contribution < 1.29 is 8.42 Å². The molecule has 0 fully saturated rings. The van der Waals surface area contributed by atoms with Crippen LogP contribution in [0, 0.1) is 0 Å². The molecule has 0 unspecified atom stereocenters. The number of aromatic nitrogens is 2. The molecule has 0 radical (unpaired) electrons. The summed E-state index contributed by atoms with van der Waals surface area (Å²) in [5, 5.41) is 7.06. The molecule has 0 aromatic carbocycles. The van der Waals surface area contributed by atoms with Crippen LogP contribution in [0.4, 0.5) is 5.69 Å². The van der Waals surface area contributed by atoms with Gasteiger partial charge < -0.3 is 5.32 Å². The average Bonchev–Trinajstić information content (AvgIpc) is 2.62. The number of nitrogens with zero attached hydrogens (tertiary/aromatic N) is 2. The Bertz CT molecular complexity index is 427. The van der Waals surface area contributed by atoms with Crippen LogP contribution in [0.1, 0.15) is 19.8 Å². The van der Waals surface area contributed by atoms with Crippen LogP contribution in [0.2, 0.25) is 0 Å². The minimum absolute atomic E-state index is 0.146. The van der Waals surface area contributed by atoms with E-state index >= 15 is 0 Å². The highest BCUT2D eigenvalue weighted by molar-refractivity contribution is 7.92. The van der Waals surface area contributed by atoms with Crippen molar-refractivity contribution in [3.05, 3.63) is 12.4 Å². The Balaban J connectivity index is 2.31. The molecule has 0 bridgehead atoms. The number of hydrogen-bond acceptors (Lipinski definition) is 4. The van der Waals surface area contributed by atoms with Crippen LogP contribution >= 0.6 is 0 Å². The summed E-state index contributed by atoms with van der Waals surface area (Å²) in [5.74, 6) is 0.146. The summed E-state index contributed by atoms with van der Waals surface area (Å²) < 4.78 is 27.4. The second-order valence-corrected chi connectivity index (χ2v) is 5.73. The molecule has 1 heterocycles. The zero-order chi connectivity index (χ0) is 12.7. The van der Waals surface area contributed by atoms with Crippen LogP contribution in [0.5, 0.6) is 0 Å². The summed E-state index contributed by atoms with van der Waals surface area (Å²) in [7, 11) is -1.50. The van der Waals surface area contributed by atoms with Gasteiger partial charge in [-0.2, -0.15) is 5.10 Å². The summed E-state index contributed by atoms with van der Waals surface area (Å²) in [5.41, 5.74) is 0.513. The maximum atomic E-state index is 11.7. The largest absolute Gasteiger partial charge is 0.317 e. The fourth-order valence-electron chi connectivity index (χ4n) is 1.42. The molecule has 0 aliphatic rings. The van der Waals surface area contributed by atoms with Crippen molar-refractivity contribution in [3.8, 4) is 0 Å². The normalized spacial score (nSPS) is 11.6. The zero-order valence-corrected chi connectivity index (χ0v) is 11.1. The molecule has 17 heavy (non-hydrogen) atoms. The summed E-state index contributed by atoms with van der Waals surface area (Å²) in [6.07, 6.45) is 4.65. The first-order valence-corrected chi connectivity index (χ1v) is 7.38. The Labute approximate surface area is 102 Å². The van der Waals surface area contributed by atoms with E-state index in [1.54, 1.807) is 17.9 Å². The van der Waals surface area contributed by atoms with Gasteiger partial charge in [-0.15, -0.1) is 0 Å². The van der Waals surface area contributed by atoms with E-state index in [0.717, 1.165) is 19.5 Å². The van der Waals surface area contributed by atoms with Crippen molar-refractivity contribution in [2.24, 2.45) is 7.05 Å². The first-order valence-electron chi connectivity index (χ1n) is 5.73. The average molecular weight is 260 g/mol. The lowest BCUT2D eigenvalue weighted by atomic mass is 10.3. The van der Waals surface area contributed by atoms with Crippen molar-refractivity contribution in [2.45, 2.75) is 19.8 Å². The van der Waals surface area contributed by atoms with Gasteiger partial charge >= 0.3 is 0 Å². The SMILES string of the molecule is CCNCCCCS(=O)(=O)Nc1cnn(C)c1. The van der Waals surface area contributed by atoms with Crippen LogP contribution in [-0.4, -0.2) is 37.0 Å². The van der Waals surface area contributed by atoms with Gasteiger partial charge in [0.15, 0.2) is 0 Å². The summed E-state index contributed by atoms with van der Waals surface area (Å²) >= 11 is 0. The molecule has 1 aromatic heterocycles. The molecule has 1 rings (SSSR count). The molecular formula is C10H20N4O2S. The monoisotopic (exact) mass is 260 g/mol. The van der Waals surface area contributed by atoms with Crippen molar-refractivity contribution in [1.82, 2.24) is 15.1 Å². The minimum Gasteiger partial charge on any atom is -0.317 e. The standard InChI is InChI=1S/C10H20N4O2S/c1-3-11-6-4-5-7-17(15,16)13-10-8-12-14(2)9-10/h8-9,11,13H,3-7H2,1-2H3. The number of rotatable bonds is 8. The highest BCUT2D eigenvalue weighted by Crippen LogP contribution is 2.07. The highest BCUT2D eigenvalue weighted by atomic mass is 32.2. The number of aryl methyl sites for hydroxylation is 1. The minimum atomic E-state index is -3.24.